The molecule has 1 rings (SSSR count). The molecule has 0 saturated heterocycles. The van der Waals surface area contributed by atoms with Crippen molar-refractivity contribution in [2.45, 2.75) is 6.54 Å². The molecule has 2 N–H and O–H groups in total. The van der Waals surface area contributed by atoms with Crippen LogP contribution in [0.1, 0.15) is 5.56 Å². The lowest BCUT2D eigenvalue weighted by molar-refractivity contribution is -0.122. The summed E-state index contributed by atoms with van der Waals surface area (Å²) >= 11 is 3.04. The van der Waals surface area contributed by atoms with Crippen molar-refractivity contribution in [3.8, 4) is 0 Å². The molecule has 17 heavy (non-hydrogen) atoms. The van der Waals surface area contributed by atoms with E-state index in [0.29, 0.717) is 5.69 Å². The second-order valence-corrected chi connectivity index (χ2v) is 3.85. The molecule has 6 heteroatoms. The van der Waals surface area contributed by atoms with Gasteiger partial charge in [-0.2, -0.15) is 0 Å². The lowest BCUT2D eigenvalue weighted by Crippen LogP contribution is -2.23. The van der Waals surface area contributed by atoms with E-state index in [4.69, 9.17) is 0 Å². The van der Waals surface area contributed by atoms with Crippen molar-refractivity contribution in [3.05, 3.63) is 29.8 Å². The van der Waals surface area contributed by atoms with Crippen LogP contribution in [0.5, 0.6) is 0 Å². The average molecular weight is 303 g/mol. The lowest BCUT2D eigenvalue weighted by atomic mass is 10.2. The van der Waals surface area contributed by atoms with Gasteiger partial charge in [0.2, 0.25) is 5.91 Å². The molecule has 0 unspecified atom stereocenters. The fraction of sp³-hybridized carbons (Fsp3) is 0.273. The van der Waals surface area contributed by atoms with Crippen LogP contribution in [-0.4, -0.2) is 23.8 Å². The lowest BCUT2D eigenvalue weighted by Gasteiger charge is -2.05. The zero-order valence-corrected chi connectivity index (χ0v) is 10.6. The number of hydrogen-bond donors (Lipinski definition) is 2. The molecule has 0 spiro atoms. The number of halogens is 2. The summed E-state index contributed by atoms with van der Waals surface area (Å²) in [4.78, 5) is 21.8. The maximum absolute atomic E-state index is 11.9. The SMILES string of the molecule is O=C(CF)NCc1ccc(NC(=O)CBr)cc1. The highest BCUT2D eigenvalue weighted by molar-refractivity contribution is 9.09. The number of rotatable bonds is 5. The van der Waals surface area contributed by atoms with Crippen molar-refractivity contribution in [2.75, 3.05) is 17.3 Å². The van der Waals surface area contributed by atoms with Crippen LogP contribution < -0.4 is 10.6 Å². The summed E-state index contributed by atoms with van der Waals surface area (Å²) in [5.74, 6) is -0.773. The number of amides is 2. The van der Waals surface area contributed by atoms with Crippen LogP contribution in [0, 0.1) is 0 Å². The van der Waals surface area contributed by atoms with E-state index in [1.165, 1.54) is 0 Å². The molecular weight excluding hydrogens is 291 g/mol. The minimum atomic E-state index is -1.01. The van der Waals surface area contributed by atoms with Crippen LogP contribution in [0.15, 0.2) is 24.3 Å². The van der Waals surface area contributed by atoms with Gasteiger partial charge in [-0.15, -0.1) is 0 Å². The molecule has 4 nitrogen and oxygen atoms in total. The first-order valence-electron chi connectivity index (χ1n) is 4.93. The number of hydrogen-bond acceptors (Lipinski definition) is 2. The summed E-state index contributed by atoms with van der Waals surface area (Å²) in [5, 5.41) is 5.31. The van der Waals surface area contributed by atoms with Crippen LogP contribution in [0.25, 0.3) is 0 Å². The van der Waals surface area contributed by atoms with E-state index in [2.05, 4.69) is 26.6 Å². The molecule has 2 amide bonds. The Morgan fingerprint density at radius 1 is 1.18 bits per heavy atom. The summed E-state index contributed by atoms with van der Waals surface area (Å²) < 4.78 is 11.9. The first-order valence-corrected chi connectivity index (χ1v) is 6.05. The molecule has 0 fully saturated rings. The smallest absolute Gasteiger partial charge is 0.251 e. The van der Waals surface area contributed by atoms with Crippen LogP contribution in [0.4, 0.5) is 10.1 Å². The summed E-state index contributed by atoms with van der Waals surface area (Å²) in [7, 11) is 0. The van der Waals surface area contributed by atoms with Gasteiger partial charge >= 0.3 is 0 Å². The Bertz CT molecular complexity index is 395. The van der Waals surface area contributed by atoms with Crippen molar-refractivity contribution in [3.63, 3.8) is 0 Å². The van der Waals surface area contributed by atoms with Crippen molar-refractivity contribution in [1.82, 2.24) is 5.32 Å². The quantitative estimate of drug-likeness (QED) is 0.812. The summed E-state index contributed by atoms with van der Waals surface area (Å²) in [6, 6.07) is 6.94. The van der Waals surface area contributed by atoms with Crippen molar-refractivity contribution < 1.29 is 14.0 Å². The molecule has 0 bridgehead atoms. The van der Waals surface area contributed by atoms with E-state index in [0.717, 1.165) is 5.56 Å². The molecule has 92 valence electrons. The molecule has 0 aliphatic heterocycles. The molecule has 0 radical (unpaired) electrons. The van der Waals surface area contributed by atoms with Crippen molar-refractivity contribution >= 4 is 33.4 Å². The summed E-state index contributed by atoms with van der Waals surface area (Å²) in [6.07, 6.45) is 0. The molecule has 0 heterocycles. The third kappa shape index (κ3) is 4.95. The number of alkyl halides is 2. The van der Waals surface area contributed by atoms with Crippen LogP contribution in [-0.2, 0) is 16.1 Å². The van der Waals surface area contributed by atoms with Gasteiger partial charge in [-0.05, 0) is 17.7 Å². The molecule has 0 aromatic heterocycles. The Balaban J connectivity index is 2.50. The monoisotopic (exact) mass is 302 g/mol. The van der Waals surface area contributed by atoms with Gasteiger partial charge in [0.05, 0.1) is 5.33 Å². The summed E-state index contributed by atoms with van der Waals surface area (Å²) in [5.41, 5.74) is 1.51. The molecular formula is C11H12BrFN2O2. The van der Waals surface area contributed by atoms with E-state index in [-0.39, 0.29) is 17.8 Å². The van der Waals surface area contributed by atoms with Gasteiger partial charge in [0.1, 0.15) is 0 Å². The minimum absolute atomic E-state index is 0.136. The van der Waals surface area contributed by atoms with E-state index in [9.17, 15) is 14.0 Å². The fourth-order valence-electron chi connectivity index (χ4n) is 1.15. The first-order chi connectivity index (χ1) is 8.15. The molecule has 1 aromatic rings. The molecule has 0 saturated carbocycles. The average Bonchev–Trinajstić information content (AvgIpc) is 2.37. The highest BCUT2D eigenvalue weighted by atomic mass is 79.9. The Morgan fingerprint density at radius 3 is 2.35 bits per heavy atom. The van der Waals surface area contributed by atoms with Gasteiger partial charge in [0, 0.05) is 12.2 Å². The van der Waals surface area contributed by atoms with Gasteiger partial charge in [-0.25, -0.2) is 4.39 Å². The first kappa shape index (κ1) is 13.6. The highest BCUT2D eigenvalue weighted by Gasteiger charge is 2.01. The third-order valence-electron chi connectivity index (χ3n) is 1.97. The predicted octanol–water partition coefficient (Wildman–Crippen LogP) is 1.61. The third-order valence-corrected chi connectivity index (χ3v) is 2.48. The molecule has 0 aliphatic carbocycles. The van der Waals surface area contributed by atoms with E-state index >= 15 is 0 Å². The number of benzene rings is 1. The zero-order chi connectivity index (χ0) is 12.7. The number of carbonyl (C=O) groups excluding carboxylic acids is 2. The Kier molecular flexibility index (Phi) is 5.62. The maximum atomic E-state index is 11.9. The summed E-state index contributed by atoms with van der Waals surface area (Å²) in [6.45, 7) is -0.741. The second-order valence-electron chi connectivity index (χ2n) is 3.29. The van der Waals surface area contributed by atoms with Gasteiger partial charge in [0.25, 0.3) is 5.91 Å². The number of nitrogens with one attached hydrogen (secondary N) is 2. The zero-order valence-electron chi connectivity index (χ0n) is 9.00. The van der Waals surface area contributed by atoms with Gasteiger partial charge in [-0.3, -0.25) is 9.59 Å². The van der Waals surface area contributed by atoms with Crippen LogP contribution in [0.3, 0.4) is 0 Å². The highest BCUT2D eigenvalue weighted by Crippen LogP contribution is 2.09. The van der Waals surface area contributed by atoms with E-state index in [1.54, 1.807) is 24.3 Å². The van der Waals surface area contributed by atoms with Crippen molar-refractivity contribution in [2.24, 2.45) is 0 Å². The van der Waals surface area contributed by atoms with E-state index in [1.807, 2.05) is 0 Å². The van der Waals surface area contributed by atoms with Crippen LogP contribution >= 0.6 is 15.9 Å². The fourth-order valence-corrected chi connectivity index (χ4v) is 1.29. The van der Waals surface area contributed by atoms with Gasteiger partial charge in [0.15, 0.2) is 6.67 Å². The van der Waals surface area contributed by atoms with Gasteiger partial charge < -0.3 is 10.6 Å². The molecule has 1 aromatic carbocycles. The van der Waals surface area contributed by atoms with Crippen molar-refractivity contribution in [1.29, 1.82) is 0 Å². The Labute approximate surface area is 107 Å². The van der Waals surface area contributed by atoms with Gasteiger partial charge in [-0.1, -0.05) is 28.1 Å². The van der Waals surface area contributed by atoms with E-state index < -0.39 is 12.6 Å². The maximum Gasteiger partial charge on any atom is 0.251 e. The second kappa shape index (κ2) is 7.01. The topological polar surface area (TPSA) is 58.2 Å². The molecule has 0 atom stereocenters. The molecule has 0 aliphatic rings. The Morgan fingerprint density at radius 2 is 1.82 bits per heavy atom. The number of carbonyl (C=O) groups is 2. The number of anilines is 1. The standard InChI is InChI=1S/C11H12BrFN2O2/c12-5-10(16)15-9-3-1-8(2-4-9)7-14-11(17)6-13/h1-4H,5-7H2,(H,14,17)(H,15,16). The largest absolute Gasteiger partial charge is 0.350 e. The predicted molar refractivity (Wildman–Crippen MR) is 66.7 cm³/mol. The normalized spacial score (nSPS) is 9.76. The van der Waals surface area contributed by atoms with Crippen LogP contribution in [0.2, 0.25) is 0 Å². The minimum Gasteiger partial charge on any atom is -0.350 e. The Hall–Kier alpha value is -1.43.